The van der Waals surface area contributed by atoms with Gasteiger partial charge >= 0.3 is 5.69 Å². The number of hydrogen-bond donors (Lipinski definition) is 5. The molecule has 0 spiro atoms. The first-order valence-electron chi connectivity index (χ1n) is 14.7. The van der Waals surface area contributed by atoms with E-state index in [0.29, 0.717) is 67.1 Å². The van der Waals surface area contributed by atoms with Crippen LogP contribution in [0.25, 0.3) is 28.0 Å². The zero-order valence-electron chi connectivity index (χ0n) is 24.9. The number of aromatic nitrogens is 3. The lowest BCUT2D eigenvalue weighted by Crippen LogP contribution is -2.45. The molecule has 1 saturated heterocycles. The number of rotatable bonds is 11. The number of morpholine rings is 1. The van der Waals surface area contributed by atoms with Gasteiger partial charge in [-0.05, 0) is 72.7 Å². The van der Waals surface area contributed by atoms with E-state index in [4.69, 9.17) is 27.5 Å². The van der Waals surface area contributed by atoms with E-state index in [1.807, 2.05) is 24.3 Å². The van der Waals surface area contributed by atoms with E-state index in [-0.39, 0.29) is 28.4 Å². The molecule has 44 heavy (non-hydrogen) atoms. The average Bonchev–Trinajstić information content (AvgIpc) is 3.44. The molecular formula is C32H38ClF2N7O2. The second-order valence-corrected chi connectivity index (χ2v) is 12.5. The number of nitrogens with zero attached hydrogens (tertiary/aromatic N) is 2. The lowest BCUT2D eigenvalue weighted by molar-refractivity contribution is 0.0431. The Bertz CT molecular complexity index is 1690. The van der Waals surface area contributed by atoms with Crippen molar-refractivity contribution >= 4 is 28.5 Å². The lowest BCUT2D eigenvalue weighted by Gasteiger charge is -2.31. The van der Waals surface area contributed by atoms with Crippen LogP contribution >= 0.6 is 11.6 Å². The number of aryl methyl sites for hydroxylation is 1. The Labute approximate surface area is 259 Å². The first-order chi connectivity index (χ1) is 21.1. The molecule has 1 aliphatic heterocycles. The summed E-state index contributed by atoms with van der Waals surface area (Å²) in [6, 6.07) is 12.8. The van der Waals surface area contributed by atoms with Gasteiger partial charge in [-0.25, -0.2) is 13.6 Å². The van der Waals surface area contributed by atoms with Crippen molar-refractivity contribution in [2.24, 2.45) is 11.1 Å². The predicted molar refractivity (Wildman–Crippen MR) is 170 cm³/mol. The zero-order valence-corrected chi connectivity index (χ0v) is 25.6. The number of halogens is 3. The molecule has 9 nitrogen and oxygen atoms in total. The van der Waals surface area contributed by atoms with E-state index < -0.39 is 18.2 Å². The number of nitrogens with two attached hydrogens (primary N) is 1. The third-order valence-electron chi connectivity index (χ3n) is 8.11. The molecule has 5 rings (SSSR count). The van der Waals surface area contributed by atoms with Crippen molar-refractivity contribution in [2.75, 3.05) is 33.0 Å². The minimum atomic E-state index is -0.809. The van der Waals surface area contributed by atoms with E-state index in [1.54, 1.807) is 24.4 Å². The van der Waals surface area contributed by atoms with E-state index in [1.165, 1.54) is 4.57 Å². The van der Waals surface area contributed by atoms with E-state index >= 15 is 4.39 Å². The number of amidine groups is 1. The summed E-state index contributed by atoms with van der Waals surface area (Å²) in [6.07, 6.45) is 3.90. The monoisotopic (exact) mass is 625 g/mol. The molecule has 1 aliphatic rings. The van der Waals surface area contributed by atoms with E-state index in [0.717, 1.165) is 17.5 Å². The van der Waals surface area contributed by atoms with Crippen molar-refractivity contribution in [2.45, 2.75) is 45.2 Å². The summed E-state index contributed by atoms with van der Waals surface area (Å²) < 4.78 is 34.9. The van der Waals surface area contributed by atoms with Gasteiger partial charge in [-0.2, -0.15) is 4.98 Å². The molecule has 0 aliphatic carbocycles. The highest BCUT2D eigenvalue weighted by Crippen LogP contribution is 2.32. The topological polar surface area (TPSA) is 134 Å². The number of nitrogens with one attached hydrogen (secondary N) is 4. The molecule has 1 fully saturated rings. The number of hydrogen-bond acceptors (Lipinski definition) is 6. The minimum Gasteiger partial charge on any atom is -0.378 e. The normalized spacial score (nSPS) is 17.2. The molecule has 6 N–H and O–H groups in total. The summed E-state index contributed by atoms with van der Waals surface area (Å²) in [5.41, 5.74) is 9.04. The molecule has 0 radical (unpaired) electrons. The summed E-state index contributed by atoms with van der Waals surface area (Å²) in [4.78, 5) is 20.3. The second-order valence-electron chi connectivity index (χ2n) is 12.1. The molecule has 2 atom stereocenters. The highest BCUT2D eigenvalue weighted by Gasteiger charge is 2.23. The molecule has 0 unspecified atom stereocenters. The number of ether oxygens (including phenoxy) is 1. The summed E-state index contributed by atoms with van der Waals surface area (Å²) >= 11 is 6.28. The van der Waals surface area contributed by atoms with Gasteiger partial charge < -0.3 is 26.1 Å². The van der Waals surface area contributed by atoms with Crippen molar-refractivity contribution in [3.63, 3.8) is 0 Å². The van der Waals surface area contributed by atoms with Gasteiger partial charge in [0.05, 0.1) is 35.7 Å². The summed E-state index contributed by atoms with van der Waals surface area (Å²) in [6.45, 7) is 5.43. The SMILES string of the molecule is CC(C)(CN)CCc1cc(Cl)c(F)c(-c2cc3cn(-c4ccc([C@@H]5COC[C@@H](CCNC(=N)CF)N5)cc4)c(=O)nc3[nH]2)c1. The first-order valence-corrected chi connectivity index (χ1v) is 15.1. The molecule has 234 valence electrons. The van der Waals surface area contributed by atoms with Crippen LogP contribution in [0.3, 0.4) is 0 Å². The molecule has 3 heterocycles. The number of H-pyrrole nitrogens is 1. The van der Waals surface area contributed by atoms with Gasteiger partial charge in [0.15, 0.2) is 5.82 Å². The fourth-order valence-corrected chi connectivity index (χ4v) is 5.52. The quantitative estimate of drug-likeness (QED) is 0.117. The first kappa shape index (κ1) is 31.8. The Kier molecular flexibility index (Phi) is 9.79. The van der Waals surface area contributed by atoms with Crippen molar-refractivity contribution in [3.8, 4) is 16.9 Å². The molecule has 12 heteroatoms. The van der Waals surface area contributed by atoms with Gasteiger partial charge in [-0.3, -0.25) is 9.98 Å². The van der Waals surface area contributed by atoms with Crippen molar-refractivity contribution in [3.05, 3.63) is 81.1 Å². The van der Waals surface area contributed by atoms with Gasteiger partial charge in [0.25, 0.3) is 0 Å². The second kappa shape index (κ2) is 13.6. The van der Waals surface area contributed by atoms with Crippen molar-refractivity contribution in [1.82, 2.24) is 25.2 Å². The Hall–Kier alpha value is -3.64. The van der Waals surface area contributed by atoms with E-state index in [2.05, 4.69) is 34.4 Å². The number of fused-ring (bicyclic) bond motifs is 1. The van der Waals surface area contributed by atoms with Crippen LogP contribution in [0, 0.1) is 16.6 Å². The van der Waals surface area contributed by atoms with Crippen LogP contribution < -0.4 is 22.1 Å². The van der Waals surface area contributed by atoms with Crippen molar-refractivity contribution < 1.29 is 13.5 Å². The third-order valence-corrected chi connectivity index (χ3v) is 8.38. The van der Waals surface area contributed by atoms with Crippen LogP contribution in [-0.4, -0.2) is 59.4 Å². The third kappa shape index (κ3) is 7.35. The summed E-state index contributed by atoms with van der Waals surface area (Å²) in [5.74, 6) is -0.666. The van der Waals surface area contributed by atoms with Crippen LogP contribution in [0.4, 0.5) is 8.78 Å². The number of alkyl halides is 1. The van der Waals surface area contributed by atoms with Crippen LogP contribution in [-0.2, 0) is 11.2 Å². The molecule has 2 aromatic heterocycles. The summed E-state index contributed by atoms with van der Waals surface area (Å²) in [7, 11) is 0. The fraction of sp³-hybridized carbons (Fsp3) is 0.406. The number of aromatic amines is 1. The van der Waals surface area contributed by atoms with Crippen LogP contribution in [0.2, 0.25) is 5.02 Å². The maximum absolute atomic E-state index is 15.2. The smallest absolute Gasteiger partial charge is 0.354 e. The highest BCUT2D eigenvalue weighted by molar-refractivity contribution is 6.31. The molecular weight excluding hydrogens is 588 g/mol. The Balaban J connectivity index is 1.34. The maximum atomic E-state index is 15.2. The van der Waals surface area contributed by atoms with E-state index in [9.17, 15) is 9.18 Å². The Morgan fingerprint density at radius 2 is 2.02 bits per heavy atom. The largest absolute Gasteiger partial charge is 0.378 e. The Morgan fingerprint density at radius 1 is 1.25 bits per heavy atom. The van der Waals surface area contributed by atoms with Gasteiger partial charge in [0, 0.05) is 29.7 Å². The van der Waals surface area contributed by atoms with Gasteiger partial charge in [0.1, 0.15) is 18.2 Å². The van der Waals surface area contributed by atoms with Gasteiger partial charge in [-0.1, -0.05) is 37.6 Å². The molecule has 4 aromatic rings. The molecule has 2 aromatic carbocycles. The van der Waals surface area contributed by atoms with Crippen LogP contribution in [0.5, 0.6) is 0 Å². The predicted octanol–water partition coefficient (Wildman–Crippen LogP) is 5.05. The van der Waals surface area contributed by atoms with Gasteiger partial charge in [-0.15, -0.1) is 0 Å². The summed E-state index contributed by atoms with van der Waals surface area (Å²) in [5, 5.41) is 14.4. The zero-order chi connectivity index (χ0) is 31.4. The minimum absolute atomic E-state index is 0.0347. The maximum Gasteiger partial charge on any atom is 0.354 e. The standard InChI is InChI=1S/C32H38ClF2N7O2/c1-32(2,18-36)9-7-19-11-24(29(35)25(33)12-19)26-13-21-15-42(31(43)41-30(21)40-26)23-5-3-20(4-6-23)27-17-44-16-22(39-27)8-10-38-28(37)14-34/h3-6,11-13,15,22,27,39H,7-10,14,16-18,36H2,1-2H3,(H2,37,38)(H,40,41,43)/t22-,27+/m1/s1. The van der Waals surface area contributed by atoms with Gasteiger partial charge in [0.2, 0.25) is 0 Å². The van der Waals surface area contributed by atoms with Crippen LogP contribution in [0.15, 0.2) is 53.5 Å². The Morgan fingerprint density at radius 3 is 2.75 bits per heavy atom. The highest BCUT2D eigenvalue weighted by atomic mass is 35.5. The average molecular weight is 626 g/mol. The lowest BCUT2D eigenvalue weighted by atomic mass is 9.86. The molecule has 0 amide bonds. The van der Waals surface area contributed by atoms with Crippen LogP contribution in [0.1, 0.15) is 43.9 Å². The molecule has 0 bridgehead atoms. The molecule has 0 saturated carbocycles. The fourth-order valence-electron chi connectivity index (χ4n) is 5.27. The number of benzene rings is 2. The van der Waals surface area contributed by atoms with Crippen molar-refractivity contribution in [1.29, 1.82) is 5.41 Å².